The molecule has 1 saturated heterocycles. The van der Waals surface area contributed by atoms with E-state index in [1.54, 1.807) is 29.2 Å². The van der Waals surface area contributed by atoms with Gasteiger partial charge in [0, 0.05) is 57.0 Å². The van der Waals surface area contributed by atoms with Crippen LogP contribution in [0.2, 0.25) is 0 Å². The van der Waals surface area contributed by atoms with Gasteiger partial charge in [-0.3, -0.25) is 4.98 Å². The van der Waals surface area contributed by atoms with Crippen molar-refractivity contribution < 1.29 is 27.4 Å². The zero-order chi connectivity index (χ0) is 31.0. The summed E-state index contributed by atoms with van der Waals surface area (Å²) in [4.78, 5) is 20.7. The van der Waals surface area contributed by atoms with Crippen LogP contribution in [-0.4, -0.2) is 58.1 Å². The number of pyridine rings is 1. The van der Waals surface area contributed by atoms with Crippen molar-refractivity contribution in [3.8, 4) is 11.3 Å². The first kappa shape index (κ1) is 30.0. The Morgan fingerprint density at radius 3 is 2.61 bits per heavy atom. The van der Waals surface area contributed by atoms with Crippen LogP contribution in [0, 0.1) is 17.6 Å². The molecular weight excluding hydrogens is 573 g/mol. The molecule has 4 heterocycles. The summed E-state index contributed by atoms with van der Waals surface area (Å²) >= 11 is 0. The van der Waals surface area contributed by atoms with Gasteiger partial charge in [-0.05, 0) is 71.7 Å². The lowest BCUT2D eigenvalue weighted by molar-refractivity contribution is -0.0117. The number of nitrogens with one attached hydrogen (secondary N) is 1. The van der Waals surface area contributed by atoms with Gasteiger partial charge in [-0.1, -0.05) is 6.92 Å². The molecule has 1 saturated carbocycles. The van der Waals surface area contributed by atoms with Crippen LogP contribution in [0.1, 0.15) is 61.0 Å². The average Bonchev–Trinajstić information content (AvgIpc) is 3.41. The van der Waals surface area contributed by atoms with Crippen molar-refractivity contribution in [1.29, 1.82) is 0 Å². The van der Waals surface area contributed by atoms with E-state index in [1.807, 2.05) is 6.07 Å². The van der Waals surface area contributed by atoms with Crippen LogP contribution in [0.5, 0.6) is 0 Å². The van der Waals surface area contributed by atoms with Gasteiger partial charge >= 0.3 is 6.09 Å². The Balaban J connectivity index is 1.28. The van der Waals surface area contributed by atoms with Gasteiger partial charge in [-0.15, -0.1) is 0 Å². The van der Waals surface area contributed by atoms with Crippen LogP contribution in [-0.2, 0) is 21.6 Å². The topological polar surface area (TPSA) is 117 Å². The van der Waals surface area contributed by atoms with Crippen molar-refractivity contribution in [2.75, 3.05) is 20.3 Å². The molecule has 1 aromatic carbocycles. The van der Waals surface area contributed by atoms with E-state index in [0.717, 1.165) is 29.7 Å². The number of imidazole rings is 1. The van der Waals surface area contributed by atoms with Gasteiger partial charge in [0.2, 0.25) is 0 Å². The van der Waals surface area contributed by atoms with E-state index < -0.39 is 23.4 Å². The molecule has 3 aromatic heterocycles. The van der Waals surface area contributed by atoms with E-state index in [1.165, 1.54) is 13.2 Å². The Morgan fingerprint density at radius 2 is 1.91 bits per heavy atom. The number of methoxy groups -OCH3 is 1. The van der Waals surface area contributed by atoms with Gasteiger partial charge in [0.25, 0.3) is 0 Å². The monoisotopic (exact) mass is 608 g/mol. The lowest BCUT2D eigenvalue weighted by Crippen LogP contribution is -2.54. The maximum atomic E-state index is 15.4. The predicted octanol–water partition coefficient (Wildman–Crippen LogP) is 5.20. The van der Waals surface area contributed by atoms with Crippen LogP contribution in [0.4, 0.5) is 18.0 Å². The second kappa shape index (κ2) is 12.2. The number of alkyl carbamates (subject to hydrolysis) is 1. The molecule has 0 bridgehead atoms. The first-order valence-corrected chi connectivity index (χ1v) is 14.8. The summed E-state index contributed by atoms with van der Waals surface area (Å²) in [7, 11) is 1.33. The second-order valence-electron chi connectivity index (χ2n) is 11.8. The number of nitrogens with zero attached hydrogens (tertiary/aromatic N) is 4. The molecule has 1 aliphatic carbocycles. The summed E-state index contributed by atoms with van der Waals surface area (Å²) in [6.45, 7) is 2.45. The molecule has 12 heteroatoms. The van der Waals surface area contributed by atoms with Crippen LogP contribution in [0.3, 0.4) is 0 Å². The number of alkyl halides is 1. The number of hydrogen-bond donors (Lipinski definition) is 2. The lowest BCUT2D eigenvalue weighted by atomic mass is 9.72. The molecule has 1 aliphatic heterocycles. The molecule has 4 aromatic rings. The summed E-state index contributed by atoms with van der Waals surface area (Å²) in [6, 6.07) is 6.85. The average molecular weight is 609 g/mol. The third-order valence-electron chi connectivity index (χ3n) is 9.04. The quantitative estimate of drug-likeness (QED) is 0.309. The Hall–Kier alpha value is -4.03. The summed E-state index contributed by atoms with van der Waals surface area (Å²) in [5, 5.41) is 7.42. The van der Waals surface area contributed by atoms with Crippen LogP contribution in [0.15, 0.2) is 48.9 Å². The Kier molecular flexibility index (Phi) is 8.30. The number of hydrogen-bond acceptors (Lipinski definition) is 7. The minimum absolute atomic E-state index is 0.0304. The molecule has 0 radical (unpaired) electrons. The largest absolute Gasteiger partial charge is 0.453 e. The first-order valence-electron chi connectivity index (χ1n) is 14.8. The van der Waals surface area contributed by atoms with Crippen molar-refractivity contribution in [2.24, 2.45) is 11.7 Å². The molecule has 44 heavy (non-hydrogen) atoms. The highest BCUT2D eigenvalue weighted by atomic mass is 19.1. The molecule has 0 spiro atoms. The third kappa shape index (κ3) is 5.75. The van der Waals surface area contributed by atoms with Gasteiger partial charge in [-0.2, -0.15) is 5.10 Å². The number of nitrogens with two attached hydrogens (primary N) is 1. The van der Waals surface area contributed by atoms with Crippen LogP contribution >= 0.6 is 0 Å². The number of halogens is 3. The molecule has 1 amide bonds. The number of ether oxygens (including phenoxy) is 2. The zero-order valence-electron chi connectivity index (χ0n) is 24.6. The first-order chi connectivity index (χ1) is 21.2. The van der Waals surface area contributed by atoms with Gasteiger partial charge in [0.15, 0.2) is 0 Å². The van der Waals surface area contributed by atoms with Crippen molar-refractivity contribution >= 4 is 11.6 Å². The molecule has 6 rings (SSSR count). The summed E-state index contributed by atoms with van der Waals surface area (Å²) < 4.78 is 57.8. The highest BCUT2D eigenvalue weighted by molar-refractivity contribution is 5.67. The second-order valence-corrected chi connectivity index (χ2v) is 11.8. The highest BCUT2D eigenvalue weighted by Crippen LogP contribution is 2.40. The molecule has 232 valence electrons. The standard InChI is InChI=1S/C32H35F3N6O3/c1-18-11-19(12-26(36)30(18)39-31(42)43-2)23-5-8-37-16-20(23)13-28-38-17-22-3-4-27(40-41(22)28)29-24(33)14-21(15-25(29)34)32(35)6-9-44-10-7-32/h3-5,8,14-19,26,30H,6-7,9-13,36H2,1-2H3,(H,39,42)/t18-,19+,26+,30-/m0/s1. The van der Waals surface area contributed by atoms with E-state index in [9.17, 15) is 4.79 Å². The molecule has 4 atom stereocenters. The van der Waals surface area contributed by atoms with Gasteiger partial charge in [-0.25, -0.2) is 27.5 Å². The smallest absolute Gasteiger partial charge is 0.407 e. The van der Waals surface area contributed by atoms with E-state index in [0.29, 0.717) is 24.2 Å². The minimum Gasteiger partial charge on any atom is -0.453 e. The van der Waals surface area contributed by atoms with E-state index in [2.05, 4.69) is 27.3 Å². The zero-order valence-corrected chi connectivity index (χ0v) is 24.6. The summed E-state index contributed by atoms with van der Waals surface area (Å²) in [6.07, 6.45) is 6.59. The molecule has 9 nitrogen and oxygen atoms in total. The van der Waals surface area contributed by atoms with Crippen molar-refractivity contribution in [1.82, 2.24) is 24.9 Å². The summed E-state index contributed by atoms with van der Waals surface area (Å²) in [5.74, 6) is -0.963. The number of rotatable bonds is 6. The van der Waals surface area contributed by atoms with Crippen molar-refractivity contribution in [2.45, 2.75) is 62.7 Å². The van der Waals surface area contributed by atoms with Gasteiger partial charge < -0.3 is 20.5 Å². The number of amides is 1. The van der Waals surface area contributed by atoms with Crippen LogP contribution in [0.25, 0.3) is 16.8 Å². The van der Waals surface area contributed by atoms with Crippen LogP contribution < -0.4 is 11.1 Å². The van der Waals surface area contributed by atoms with Crippen molar-refractivity contribution in [3.63, 3.8) is 0 Å². The predicted molar refractivity (Wildman–Crippen MR) is 157 cm³/mol. The Labute approximate surface area is 253 Å². The third-order valence-corrected chi connectivity index (χ3v) is 9.04. The number of benzene rings is 1. The number of fused-ring (bicyclic) bond motifs is 1. The fourth-order valence-electron chi connectivity index (χ4n) is 6.69. The maximum absolute atomic E-state index is 15.4. The lowest BCUT2D eigenvalue weighted by Gasteiger charge is -2.39. The van der Waals surface area contributed by atoms with Gasteiger partial charge in [0.1, 0.15) is 23.1 Å². The summed E-state index contributed by atoms with van der Waals surface area (Å²) in [5.41, 5.74) is 7.05. The highest BCUT2D eigenvalue weighted by Gasteiger charge is 2.37. The van der Waals surface area contributed by atoms with E-state index >= 15 is 13.2 Å². The minimum atomic E-state index is -1.84. The number of aromatic nitrogens is 4. The Morgan fingerprint density at radius 1 is 1.16 bits per heavy atom. The molecule has 2 aliphatic rings. The molecule has 2 fully saturated rings. The van der Waals surface area contributed by atoms with Gasteiger partial charge in [0.05, 0.1) is 30.1 Å². The van der Waals surface area contributed by atoms with E-state index in [4.69, 9.17) is 15.2 Å². The fraction of sp³-hybridized carbons (Fsp3) is 0.438. The maximum Gasteiger partial charge on any atom is 0.407 e. The van der Waals surface area contributed by atoms with Crippen molar-refractivity contribution in [3.05, 3.63) is 83.1 Å². The fourth-order valence-corrected chi connectivity index (χ4v) is 6.69. The normalized spacial score (nSPS) is 23.4. The molecule has 3 N–H and O–H groups in total. The van der Waals surface area contributed by atoms with E-state index in [-0.39, 0.29) is 66.8 Å². The molecular formula is C32H35F3N6O3. The number of carbonyl (C=O) groups is 1. The number of carbonyl (C=O) groups excluding carboxylic acids is 1. The SMILES string of the molecule is COC(=O)N[C@@H]1[C@H](N)C[C@H](c2ccncc2Cc2ncc3ccc(-c4c(F)cc(C5(F)CCOCC5)cc4F)nn23)C[C@@H]1C. The Bertz CT molecular complexity index is 1640. The molecule has 0 unspecified atom stereocenters.